The highest BCUT2D eigenvalue weighted by Gasteiger charge is 2.23. The Bertz CT molecular complexity index is 1020. The van der Waals surface area contributed by atoms with Gasteiger partial charge in [0.1, 0.15) is 23.0 Å². The molecule has 0 saturated carbocycles. The number of imide groups is 1. The van der Waals surface area contributed by atoms with Gasteiger partial charge in [0.25, 0.3) is 0 Å². The van der Waals surface area contributed by atoms with E-state index in [4.69, 9.17) is 9.15 Å². The highest BCUT2D eigenvalue weighted by molar-refractivity contribution is 6.02. The van der Waals surface area contributed by atoms with E-state index >= 15 is 0 Å². The minimum absolute atomic E-state index is 0.282. The van der Waals surface area contributed by atoms with Gasteiger partial charge in [0, 0.05) is 24.6 Å². The second-order valence-electron chi connectivity index (χ2n) is 7.26. The van der Waals surface area contributed by atoms with E-state index in [1.54, 1.807) is 64.4 Å². The Morgan fingerprint density at radius 3 is 2.45 bits per heavy atom. The molecule has 9 nitrogen and oxygen atoms in total. The molecule has 0 bridgehead atoms. The highest BCUT2D eigenvalue weighted by Crippen LogP contribution is 2.26. The summed E-state index contributed by atoms with van der Waals surface area (Å²) in [6.07, 6.45) is 4.65. The first kappa shape index (κ1) is 20.0. The van der Waals surface area contributed by atoms with Crippen LogP contribution in [0.5, 0.6) is 11.5 Å². The number of rotatable bonds is 4. The molecule has 2 N–H and O–H groups in total. The molecule has 3 amide bonds. The predicted octanol–water partition coefficient (Wildman–Crippen LogP) is 3.93. The third-order valence-electron chi connectivity index (χ3n) is 3.73. The van der Waals surface area contributed by atoms with Crippen LogP contribution in [0.2, 0.25) is 0 Å². The molecule has 3 aromatic heterocycles. The molecular formula is C20H21N5O4. The molecule has 3 rings (SSSR count). The van der Waals surface area contributed by atoms with Crippen LogP contribution >= 0.6 is 0 Å². The quantitative estimate of drug-likeness (QED) is 0.687. The Morgan fingerprint density at radius 1 is 1.03 bits per heavy atom. The monoisotopic (exact) mass is 395 g/mol. The standard InChI is InChI=1S/C20H21N5O4/c1-12-22-11-16(28-12)15-9-13(7-8-21-15)29-14-5-6-17(23-10-14)24-19(27)25-18(26)20(2,3)4/h5-11H,1-4H3,(H2,23,24,25,26,27). The Balaban J connectivity index is 1.62. The summed E-state index contributed by atoms with van der Waals surface area (Å²) in [5, 5.41) is 4.77. The van der Waals surface area contributed by atoms with Crippen molar-refractivity contribution < 1.29 is 18.7 Å². The zero-order valence-corrected chi connectivity index (χ0v) is 16.5. The van der Waals surface area contributed by atoms with Crippen LogP contribution in [0, 0.1) is 12.3 Å². The fraction of sp³-hybridized carbons (Fsp3) is 0.250. The Hall–Kier alpha value is -3.75. The highest BCUT2D eigenvalue weighted by atomic mass is 16.5. The molecule has 0 aliphatic heterocycles. The molecule has 29 heavy (non-hydrogen) atoms. The first-order valence-corrected chi connectivity index (χ1v) is 8.86. The smallest absolute Gasteiger partial charge is 0.327 e. The second-order valence-corrected chi connectivity index (χ2v) is 7.26. The molecule has 0 saturated heterocycles. The van der Waals surface area contributed by atoms with Crippen molar-refractivity contribution in [2.24, 2.45) is 5.41 Å². The number of ether oxygens (including phenoxy) is 1. The van der Waals surface area contributed by atoms with Gasteiger partial charge in [-0.3, -0.25) is 20.4 Å². The van der Waals surface area contributed by atoms with Gasteiger partial charge in [0.15, 0.2) is 11.7 Å². The van der Waals surface area contributed by atoms with Crippen LogP contribution in [0.3, 0.4) is 0 Å². The van der Waals surface area contributed by atoms with E-state index in [0.29, 0.717) is 28.8 Å². The van der Waals surface area contributed by atoms with Crippen molar-refractivity contribution in [3.8, 4) is 23.0 Å². The Labute approximate surface area is 167 Å². The van der Waals surface area contributed by atoms with Gasteiger partial charge in [-0.25, -0.2) is 14.8 Å². The number of carbonyl (C=O) groups excluding carboxylic acids is 2. The van der Waals surface area contributed by atoms with Crippen molar-refractivity contribution in [1.82, 2.24) is 20.3 Å². The number of oxazole rings is 1. The van der Waals surface area contributed by atoms with Crippen molar-refractivity contribution in [2.45, 2.75) is 27.7 Å². The van der Waals surface area contributed by atoms with Crippen molar-refractivity contribution in [2.75, 3.05) is 5.32 Å². The van der Waals surface area contributed by atoms with Gasteiger partial charge in [-0.05, 0) is 18.2 Å². The fourth-order valence-corrected chi connectivity index (χ4v) is 2.18. The maximum atomic E-state index is 11.9. The molecule has 3 heterocycles. The third-order valence-corrected chi connectivity index (χ3v) is 3.73. The van der Waals surface area contributed by atoms with Crippen LogP contribution in [0.1, 0.15) is 26.7 Å². The lowest BCUT2D eigenvalue weighted by molar-refractivity contribution is -0.127. The van der Waals surface area contributed by atoms with Crippen molar-refractivity contribution in [3.63, 3.8) is 0 Å². The van der Waals surface area contributed by atoms with Crippen LogP contribution in [-0.4, -0.2) is 26.9 Å². The number of nitrogens with one attached hydrogen (secondary N) is 2. The van der Waals surface area contributed by atoms with Crippen molar-refractivity contribution >= 4 is 17.8 Å². The zero-order chi connectivity index (χ0) is 21.0. The van der Waals surface area contributed by atoms with Gasteiger partial charge in [0.05, 0.1) is 12.4 Å². The number of hydrogen-bond donors (Lipinski definition) is 2. The lowest BCUT2D eigenvalue weighted by atomic mass is 9.96. The lowest BCUT2D eigenvalue weighted by Gasteiger charge is -2.16. The van der Waals surface area contributed by atoms with E-state index in [2.05, 4.69) is 25.6 Å². The summed E-state index contributed by atoms with van der Waals surface area (Å²) in [6.45, 7) is 6.90. The van der Waals surface area contributed by atoms with Crippen LogP contribution in [-0.2, 0) is 4.79 Å². The van der Waals surface area contributed by atoms with Crippen LogP contribution < -0.4 is 15.4 Å². The summed E-state index contributed by atoms with van der Waals surface area (Å²) in [5.74, 6) is 2.00. The molecule has 0 spiro atoms. The van der Waals surface area contributed by atoms with E-state index in [0.717, 1.165) is 0 Å². The summed E-state index contributed by atoms with van der Waals surface area (Å²) >= 11 is 0. The number of nitrogens with zero attached hydrogens (tertiary/aromatic N) is 3. The number of pyridine rings is 2. The molecule has 0 fully saturated rings. The molecule has 0 aromatic carbocycles. The first-order chi connectivity index (χ1) is 13.7. The normalized spacial score (nSPS) is 11.0. The number of anilines is 1. The van der Waals surface area contributed by atoms with E-state index in [1.807, 2.05) is 0 Å². The van der Waals surface area contributed by atoms with Crippen molar-refractivity contribution in [1.29, 1.82) is 0 Å². The number of amides is 3. The first-order valence-electron chi connectivity index (χ1n) is 8.86. The number of hydrogen-bond acceptors (Lipinski definition) is 7. The van der Waals surface area contributed by atoms with Gasteiger partial charge < -0.3 is 9.15 Å². The molecule has 9 heteroatoms. The average molecular weight is 395 g/mol. The largest absolute Gasteiger partial charge is 0.456 e. The molecule has 0 atom stereocenters. The third kappa shape index (κ3) is 5.38. The van der Waals surface area contributed by atoms with E-state index in [-0.39, 0.29) is 11.7 Å². The van der Waals surface area contributed by atoms with Gasteiger partial charge in [-0.2, -0.15) is 0 Å². The Morgan fingerprint density at radius 2 is 1.83 bits per heavy atom. The van der Waals surface area contributed by atoms with Gasteiger partial charge >= 0.3 is 6.03 Å². The summed E-state index contributed by atoms with van der Waals surface area (Å²) in [6, 6.07) is 5.99. The summed E-state index contributed by atoms with van der Waals surface area (Å²) in [5.41, 5.74) is -0.0782. The number of carbonyl (C=O) groups is 2. The van der Waals surface area contributed by atoms with Gasteiger partial charge in [-0.15, -0.1) is 0 Å². The number of aryl methyl sites for hydroxylation is 1. The topological polar surface area (TPSA) is 119 Å². The molecule has 0 aliphatic rings. The lowest BCUT2D eigenvalue weighted by Crippen LogP contribution is -2.41. The van der Waals surface area contributed by atoms with Crippen LogP contribution in [0.4, 0.5) is 10.6 Å². The maximum Gasteiger partial charge on any atom is 0.327 e. The zero-order valence-electron chi connectivity index (χ0n) is 16.5. The molecule has 150 valence electrons. The fourth-order valence-electron chi connectivity index (χ4n) is 2.18. The van der Waals surface area contributed by atoms with Crippen LogP contribution in [0.15, 0.2) is 47.3 Å². The number of urea groups is 1. The molecule has 3 aromatic rings. The maximum absolute atomic E-state index is 11.9. The Kier molecular flexibility index (Phi) is 5.58. The summed E-state index contributed by atoms with van der Waals surface area (Å²) in [4.78, 5) is 36.1. The average Bonchev–Trinajstić information content (AvgIpc) is 3.09. The molecule has 0 aliphatic carbocycles. The minimum atomic E-state index is -0.670. The van der Waals surface area contributed by atoms with E-state index in [9.17, 15) is 9.59 Å². The van der Waals surface area contributed by atoms with Gasteiger partial charge in [0.2, 0.25) is 5.91 Å². The van der Waals surface area contributed by atoms with E-state index < -0.39 is 11.4 Å². The number of aromatic nitrogens is 3. The predicted molar refractivity (Wildman–Crippen MR) is 105 cm³/mol. The minimum Gasteiger partial charge on any atom is -0.456 e. The SMILES string of the molecule is Cc1ncc(-c2cc(Oc3ccc(NC(=O)NC(=O)C(C)(C)C)nc3)ccn2)o1. The molecule has 0 radical (unpaired) electrons. The molecule has 0 unspecified atom stereocenters. The van der Waals surface area contributed by atoms with Crippen LogP contribution in [0.25, 0.3) is 11.5 Å². The van der Waals surface area contributed by atoms with E-state index in [1.165, 1.54) is 6.20 Å². The summed E-state index contributed by atoms with van der Waals surface area (Å²) < 4.78 is 11.2. The summed E-state index contributed by atoms with van der Waals surface area (Å²) in [7, 11) is 0. The second kappa shape index (κ2) is 8.09. The van der Waals surface area contributed by atoms with Gasteiger partial charge in [-0.1, -0.05) is 20.8 Å². The molecular weight excluding hydrogens is 374 g/mol. The van der Waals surface area contributed by atoms with Crippen molar-refractivity contribution in [3.05, 3.63) is 48.7 Å².